The van der Waals surface area contributed by atoms with E-state index in [4.69, 9.17) is 0 Å². The first-order valence-corrected chi connectivity index (χ1v) is 2.85. The first-order chi connectivity index (χ1) is 5.00. The molecule has 0 aromatic carbocycles. The molecular formula is C7H8N4. The number of aromatic nitrogens is 4. The molecule has 0 bridgehead atoms. The quantitative estimate of drug-likeness (QED) is 0.583. The van der Waals surface area contributed by atoms with E-state index in [2.05, 4.69) is 19.9 Å². The van der Waals surface area contributed by atoms with E-state index in [1.54, 1.807) is 37.4 Å². The lowest BCUT2D eigenvalue weighted by atomic mass is 11.0. The van der Waals surface area contributed by atoms with E-state index in [-0.39, 0.29) is 7.43 Å². The molecule has 4 heteroatoms. The summed E-state index contributed by atoms with van der Waals surface area (Å²) in [7, 11) is 0. The molecule has 56 valence electrons. The molecular weight excluding hydrogens is 140 g/mol. The molecule has 0 saturated heterocycles. The van der Waals surface area contributed by atoms with Gasteiger partial charge >= 0.3 is 0 Å². The zero-order valence-electron chi connectivity index (χ0n) is 5.86. The van der Waals surface area contributed by atoms with Crippen LogP contribution in [0.25, 0.3) is 0 Å². The Labute approximate surface area is 65.7 Å². The smallest absolute Gasteiger partial charge is 0.0919 e. The van der Waals surface area contributed by atoms with Crippen LogP contribution in [-0.2, 0) is 0 Å². The number of nitrogens with one attached hydrogen (secondary N) is 2. The Morgan fingerprint density at radius 1 is 0.818 bits per heavy atom. The maximum Gasteiger partial charge on any atom is 0.0919 e. The van der Waals surface area contributed by atoms with E-state index in [0.29, 0.717) is 0 Å². The number of aromatic amines is 2. The van der Waals surface area contributed by atoms with Crippen molar-refractivity contribution in [2.75, 3.05) is 0 Å². The minimum Gasteiger partial charge on any atom is -0.351 e. The molecule has 0 saturated carbocycles. The van der Waals surface area contributed by atoms with Crippen molar-refractivity contribution in [3.05, 3.63) is 44.9 Å². The van der Waals surface area contributed by atoms with E-state index in [1.165, 1.54) is 0 Å². The van der Waals surface area contributed by atoms with Crippen molar-refractivity contribution in [3.8, 4) is 0 Å². The molecule has 2 heterocycles. The molecule has 2 aromatic heterocycles. The van der Waals surface area contributed by atoms with Gasteiger partial charge in [-0.05, 0) is 0 Å². The molecule has 2 N–H and O–H groups in total. The molecule has 11 heavy (non-hydrogen) atoms. The van der Waals surface area contributed by atoms with Crippen molar-refractivity contribution in [2.24, 2.45) is 0 Å². The van der Waals surface area contributed by atoms with Crippen molar-refractivity contribution in [1.29, 1.82) is 0 Å². The summed E-state index contributed by atoms with van der Waals surface area (Å²) in [6.07, 6.45) is 10.2. The second-order valence-electron chi connectivity index (χ2n) is 1.52. The number of rotatable bonds is 0. The summed E-state index contributed by atoms with van der Waals surface area (Å²) in [5, 5.41) is 0. The minimum atomic E-state index is 0. The monoisotopic (exact) mass is 148 g/mol. The number of nitrogens with zero attached hydrogens (tertiary/aromatic N) is 2. The van der Waals surface area contributed by atoms with Crippen molar-refractivity contribution in [3.63, 3.8) is 0 Å². The Balaban J connectivity index is 0.000000167. The van der Waals surface area contributed by atoms with Gasteiger partial charge in [-0.2, -0.15) is 0 Å². The van der Waals surface area contributed by atoms with E-state index < -0.39 is 0 Å². The first-order valence-electron chi connectivity index (χ1n) is 2.85. The molecule has 0 fully saturated rings. The van der Waals surface area contributed by atoms with Crippen LogP contribution in [0.5, 0.6) is 0 Å². The average molecular weight is 148 g/mol. The van der Waals surface area contributed by atoms with Gasteiger partial charge in [0, 0.05) is 32.2 Å². The van der Waals surface area contributed by atoms with Gasteiger partial charge in [0.1, 0.15) is 0 Å². The van der Waals surface area contributed by atoms with Gasteiger partial charge in [-0.3, -0.25) is 0 Å². The summed E-state index contributed by atoms with van der Waals surface area (Å²) in [6.45, 7) is 0. The fraction of sp³-hybridized carbons (Fsp3) is 0. The maximum absolute atomic E-state index is 3.67. The Morgan fingerprint density at radius 3 is 1.36 bits per heavy atom. The summed E-state index contributed by atoms with van der Waals surface area (Å²) in [4.78, 5) is 12.8. The van der Waals surface area contributed by atoms with Crippen LogP contribution in [0, 0.1) is 7.43 Å². The van der Waals surface area contributed by atoms with Crippen molar-refractivity contribution in [1.82, 2.24) is 19.9 Å². The molecule has 0 aliphatic carbocycles. The Morgan fingerprint density at radius 2 is 1.27 bits per heavy atom. The summed E-state index contributed by atoms with van der Waals surface area (Å²) >= 11 is 0. The van der Waals surface area contributed by atoms with E-state index >= 15 is 0 Å². The largest absolute Gasteiger partial charge is 0.351 e. The van der Waals surface area contributed by atoms with Gasteiger partial charge in [0.25, 0.3) is 0 Å². The number of hydrogen-bond acceptors (Lipinski definition) is 2. The Bertz CT molecular complexity index is 150. The third-order valence-corrected chi connectivity index (χ3v) is 0.812. The highest BCUT2D eigenvalue weighted by Gasteiger charge is 1.56. The zero-order chi connectivity index (χ0) is 7.07. The molecule has 0 amide bonds. The molecule has 0 spiro atoms. The van der Waals surface area contributed by atoms with Crippen LogP contribution >= 0.6 is 0 Å². The van der Waals surface area contributed by atoms with Crippen LogP contribution < -0.4 is 0 Å². The Hall–Kier alpha value is -1.58. The highest BCUT2D eigenvalue weighted by molar-refractivity contribution is 4.65. The fourth-order valence-corrected chi connectivity index (χ4v) is 0.430. The Kier molecular flexibility index (Phi) is 5.60. The average Bonchev–Trinajstić information content (AvgIpc) is 2.67. The molecule has 2 aromatic rings. The topological polar surface area (TPSA) is 57.4 Å². The predicted molar refractivity (Wildman–Crippen MR) is 40.4 cm³/mol. The number of hydrogen-bond donors (Lipinski definition) is 2. The van der Waals surface area contributed by atoms with E-state index in [0.717, 1.165) is 0 Å². The molecule has 0 atom stereocenters. The van der Waals surface area contributed by atoms with Crippen LogP contribution in [0.15, 0.2) is 37.4 Å². The third kappa shape index (κ3) is 4.90. The molecule has 2 rings (SSSR count). The van der Waals surface area contributed by atoms with Crippen LogP contribution in [0.2, 0.25) is 0 Å². The summed E-state index contributed by atoms with van der Waals surface area (Å²) in [6, 6.07) is 0. The zero-order valence-corrected chi connectivity index (χ0v) is 5.86. The van der Waals surface area contributed by atoms with Gasteiger partial charge in [0.15, 0.2) is 0 Å². The number of imidazole rings is 2. The second-order valence-corrected chi connectivity index (χ2v) is 1.52. The van der Waals surface area contributed by atoms with E-state index in [9.17, 15) is 0 Å². The molecule has 0 aliphatic rings. The molecule has 4 nitrogen and oxygen atoms in total. The van der Waals surface area contributed by atoms with Gasteiger partial charge in [-0.15, -0.1) is 0 Å². The summed E-state index contributed by atoms with van der Waals surface area (Å²) in [5.41, 5.74) is 0. The van der Waals surface area contributed by atoms with Gasteiger partial charge in [-0.1, -0.05) is 0 Å². The SMILES string of the molecule is [C].c1c[nH]cn1.c1c[nH]cn1. The van der Waals surface area contributed by atoms with Gasteiger partial charge < -0.3 is 9.97 Å². The third-order valence-electron chi connectivity index (χ3n) is 0.812. The van der Waals surface area contributed by atoms with Gasteiger partial charge in [-0.25, -0.2) is 9.97 Å². The van der Waals surface area contributed by atoms with E-state index in [1.807, 2.05) is 0 Å². The number of H-pyrrole nitrogens is 2. The lowest BCUT2D eigenvalue weighted by molar-refractivity contribution is 1.31. The highest BCUT2D eigenvalue weighted by Crippen LogP contribution is 1.63. The summed E-state index contributed by atoms with van der Waals surface area (Å²) < 4.78 is 0. The molecule has 0 aliphatic heterocycles. The van der Waals surface area contributed by atoms with Gasteiger partial charge in [0.05, 0.1) is 12.7 Å². The molecule has 4 radical (unpaired) electrons. The van der Waals surface area contributed by atoms with Crippen molar-refractivity contribution >= 4 is 0 Å². The van der Waals surface area contributed by atoms with Crippen LogP contribution in [0.3, 0.4) is 0 Å². The molecule has 0 unspecified atom stereocenters. The standard InChI is InChI=1S/2C3H4N2.C/c2*1-2-5-3-4-1;/h2*1-3H,(H,4,5);. The van der Waals surface area contributed by atoms with Crippen LogP contribution in [0.4, 0.5) is 0 Å². The van der Waals surface area contributed by atoms with Crippen molar-refractivity contribution in [2.45, 2.75) is 0 Å². The van der Waals surface area contributed by atoms with Gasteiger partial charge in [0.2, 0.25) is 0 Å². The normalized spacial score (nSPS) is 7.27. The second kappa shape index (κ2) is 6.54. The van der Waals surface area contributed by atoms with Crippen LogP contribution in [-0.4, -0.2) is 19.9 Å². The predicted octanol–water partition coefficient (Wildman–Crippen LogP) is 0.901. The summed E-state index contributed by atoms with van der Waals surface area (Å²) in [5.74, 6) is 0. The van der Waals surface area contributed by atoms with Crippen LogP contribution in [0.1, 0.15) is 0 Å². The fourth-order valence-electron chi connectivity index (χ4n) is 0.430. The lowest BCUT2D eigenvalue weighted by Crippen LogP contribution is -1.44. The van der Waals surface area contributed by atoms with Crippen molar-refractivity contribution < 1.29 is 0 Å². The minimum absolute atomic E-state index is 0. The highest BCUT2D eigenvalue weighted by atomic mass is 14.8. The first kappa shape index (κ1) is 9.42. The lowest BCUT2D eigenvalue weighted by Gasteiger charge is -1.46. The maximum atomic E-state index is 3.67.